The lowest BCUT2D eigenvalue weighted by Gasteiger charge is -2.26. The molecule has 200 valence electrons. The van der Waals surface area contributed by atoms with Crippen LogP contribution >= 0.6 is 12.2 Å². The van der Waals surface area contributed by atoms with Crippen LogP contribution in [-0.2, 0) is 10.0 Å². The molecule has 2 N–H and O–H groups in total. The molecule has 1 saturated heterocycles. The molecule has 39 heavy (non-hydrogen) atoms. The van der Waals surface area contributed by atoms with Crippen LogP contribution in [0.15, 0.2) is 83.4 Å². The van der Waals surface area contributed by atoms with Crippen molar-refractivity contribution in [3.63, 3.8) is 0 Å². The van der Waals surface area contributed by atoms with Crippen molar-refractivity contribution >= 4 is 44.4 Å². The summed E-state index contributed by atoms with van der Waals surface area (Å²) < 4.78 is 37.8. The van der Waals surface area contributed by atoms with Crippen molar-refractivity contribution in [1.82, 2.24) is 10.3 Å². The van der Waals surface area contributed by atoms with Crippen LogP contribution in [-0.4, -0.2) is 36.8 Å². The maximum atomic E-state index is 11.8. The summed E-state index contributed by atoms with van der Waals surface area (Å²) in [7, 11) is -2.09. The normalized spacial score (nSPS) is 17.1. The lowest BCUT2D eigenvalue weighted by atomic mass is 10.0. The van der Waals surface area contributed by atoms with Gasteiger partial charge >= 0.3 is 0 Å². The highest BCUT2D eigenvalue weighted by atomic mass is 32.2. The summed E-state index contributed by atoms with van der Waals surface area (Å²) in [4.78, 5) is 17.2. The molecule has 11 nitrogen and oxygen atoms in total. The second-order valence-corrected chi connectivity index (χ2v) is 10.9. The number of anilines is 2. The molecule has 2 atom stereocenters. The second kappa shape index (κ2) is 10.3. The number of nitrogens with one attached hydrogen (secondary N) is 2. The Bertz CT molecular complexity index is 1660. The quantitative estimate of drug-likeness (QED) is 0.174. The zero-order valence-corrected chi connectivity index (χ0v) is 22.4. The van der Waals surface area contributed by atoms with Gasteiger partial charge in [0.25, 0.3) is 5.69 Å². The smallest absolute Gasteiger partial charge is 0.270 e. The van der Waals surface area contributed by atoms with Crippen molar-refractivity contribution in [2.24, 2.45) is 0 Å². The first kappa shape index (κ1) is 26.1. The van der Waals surface area contributed by atoms with Crippen LogP contribution in [0.1, 0.15) is 23.5 Å². The Labute approximate surface area is 229 Å². The molecular weight excluding hydrogens is 542 g/mol. The summed E-state index contributed by atoms with van der Waals surface area (Å²) in [6.07, 6.45) is 2.74. The van der Waals surface area contributed by atoms with E-state index < -0.39 is 27.0 Å². The lowest BCUT2D eigenvalue weighted by Crippen LogP contribution is -2.29. The van der Waals surface area contributed by atoms with E-state index in [2.05, 4.69) is 15.0 Å². The number of thiocarbonyl (C=S) groups is 1. The van der Waals surface area contributed by atoms with Crippen molar-refractivity contribution < 1.29 is 22.5 Å². The molecule has 0 spiro atoms. The largest absolute Gasteiger partial charge is 0.494 e. The molecule has 1 aliphatic rings. The summed E-state index contributed by atoms with van der Waals surface area (Å²) in [5.41, 5.74) is 2.15. The van der Waals surface area contributed by atoms with Crippen molar-refractivity contribution in [2.75, 3.05) is 23.0 Å². The average molecular weight is 566 g/mol. The number of nitro groups is 1. The lowest BCUT2D eigenvalue weighted by molar-refractivity contribution is -0.384. The van der Waals surface area contributed by atoms with Crippen LogP contribution in [0.25, 0.3) is 11.3 Å². The number of furan rings is 1. The molecular formula is C26H23N5O6S2. The first-order chi connectivity index (χ1) is 18.6. The Morgan fingerprint density at radius 2 is 1.95 bits per heavy atom. The minimum atomic E-state index is -3.53. The number of nitro benzene ring substituents is 1. The predicted molar refractivity (Wildman–Crippen MR) is 150 cm³/mol. The van der Waals surface area contributed by atoms with E-state index in [-0.39, 0.29) is 11.4 Å². The van der Waals surface area contributed by atoms with Gasteiger partial charge in [0.2, 0.25) is 10.0 Å². The predicted octanol–water partition coefficient (Wildman–Crippen LogP) is 4.81. The molecule has 1 fully saturated rings. The van der Waals surface area contributed by atoms with E-state index in [1.54, 1.807) is 48.7 Å². The molecule has 0 unspecified atom stereocenters. The van der Waals surface area contributed by atoms with Gasteiger partial charge < -0.3 is 19.4 Å². The number of non-ortho nitro benzene ring substituents is 1. The van der Waals surface area contributed by atoms with Crippen LogP contribution < -0.4 is 19.7 Å². The van der Waals surface area contributed by atoms with Crippen LogP contribution in [0, 0.1) is 10.1 Å². The Kier molecular flexibility index (Phi) is 6.93. The molecule has 2 aromatic carbocycles. The van der Waals surface area contributed by atoms with Crippen LogP contribution in [0.5, 0.6) is 5.75 Å². The Hall–Kier alpha value is -4.49. The topological polar surface area (TPSA) is 140 Å². The molecule has 1 aliphatic heterocycles. The third kappa shape index (κ3) is 5.40. The fourth-order valence-corrected chi connectivity index (χ4v) is 5.39. The molecule has 3 heterocycles. The number of hydrogen-bond donors (Lipinski definition) is 2. The fourth-order valence-electron chi connectivity index (χ4n) is 4.48. The summed E-state index contributed by atoms with van der Waals surface area (Å²) in [6.45, 7) is 0. The number of ether oxygens (including phenoxy) is 1. The Morgan fingerprint density at radius 3 is 2.64 bits per heavy atom. The molecule has 13 heteroatoms. The van der Waals surface area contributed by atoms with Gasteiger partial charge in [-0.1, -0.05) is 18.2 Å². The molecule has 0 saturated carbocycles. The maximum absolute atomic E-state index is 11.8. The van der Waals surface area contributed by atoms with E-state index in [9.17, 15) is 18.5 Å². The van der Waals surface area contributed by atoms with E-state index in [1.165, 1.54) is 19.2 Å². The zero-order valence-electron chi connectivity index (χ0n) is 20.8. The number of rotatable bonds is 8. The summed E-state index contributed by atoms with van der Waals surface area (Å²) in [5, 5.41) is 15.0. The highest BCUT2D eigenvalue weighted by molar-refractivity contribution is 7.92. The number of hydrogen-bond acceptors (Lipinski definition) is 8. The van der Waals surface area contributed by atoms with Gasteiger partial charge in [0.15, 0.2) is 5.11 Å². The maximum Gasteiger partial charge on any atom is 0.270 e. The third-order valence-electron chi connectivity index (χ3n) is 6.12. The van der Waals surface area contributed by atoms with E-state index in [4.69, 9.17) is 21.4 Å². The third-order valence-corrected chi connectivity index (χ3v) is 7.02. The molecule has 2 aromatic heterocycles. The zero-order chi connectivity index (χ0) is 27.7. The summed E-state index contributed by atoms with van der Waals surface area (Å²) in [6, 6.07) is 19.4. The summed E-state index contributed by atoms with van der Waals surface area (Å²) in [5.74, 6) is 1.30. The molecule has 5 rings (SSSR count). The molecule has 0 aliphatic carbocycles. The van der Waals surface area contributed by atoms with Gasteiger partial charge in [-0.2, -0.15) is 0 Å². The van der Waals surface area contributed by atoms with E-state index >= 15 is 0 Å². The van der Waals surface area contributed by atoms with Gasteiger partial charge in [-0.05, 0) is 48.6 Å². The molecule has 0 amide bonds. The van der Waals surface area contributed by atoms with Gasteiger partial charge in [0.05, 0.1) is 35.7 Å². The molecule has 0 radical (unpaired) electrons. The molecule has 4 aromatic rings. The van der Waals surface area contributed by atoms with E-state index in [1.807, 2.05) is 23.1 Å². The van der Waals surface area contributed by atoms with Gasteiger partial charge in [-0.25, -0.2) is 8.42 Å². The van der Waals surface area contributed by atoms with Crippen LogP contribution in [0.4, 0.5) is 17.1 Å². The van der Waals surface area contributed by atoms with Crippen molar-refractivity contribution in [3.05, 3.63) is 101 Å². The number of sulfonamides is 1. The van der Waals surface area contributed by atoms with Gasteiger partial charge in [-0.15, -0.1) is 0 Å². The summed E-state index contributed by atoms with van der Waals surface area (Å²) >= 11 is 5.74. The van der Waals surface area contributed by atoms with Crippen molar-refractivity contribution in [3.8, 4) is 17.1 Å². The monoisotopic (exact) mass is 565 g/mol. The average Bonchev–Trinajstić information content (AvgIpc) is 3.53. The Morgan fingerprint density at radius 1 is 1.13 bits per heavy atom. The number of benzene rings is 2. The first-order valence-corrected chi connectivity index (χ1v) is 14.0. The minimum Gasteiger partial charge on any atom is -0.494 e. The van der Waals surface area contributed by atoms with E-state index in [0.717, 1.165) is 11.9 Å². The highest BCUT2D eigenvalue weighted by Gasteiger charge is 2.43. The number of methoxy groups -OCH3 is 1. The number of aromatic nitrogens is 1. The number of pyridine rings is 1. The van der Waals surface area contributed by atoms with Gasteiger partial charge in [-0.3, -0.25) is 19.8 Å². The Balaban J connectivity index is 1.59. The van der Waals surface area contributed by atoms with Crippen molar-refractivity contribution in [1.29, 1.82) is 0 Å². The fraction of sp³-hybridized carbons (Fsp3) is 0.154. The van der Waals surface area contributed by atoms with Gasteiger partial charge in [0, 0.05) is 35.6 Å². The second-order valence-electron chi connectivity index (χ2n) is 8.76. The SMILES string of the molecule is COc1cc(N2C(=S)N[C@H](c3ccccn3)[C@H]2c2ccc(-c3cccc([N+](=O)[O-])c3)o2)ccc1NS(C)(=O)=O. The van der Waals surface area contributed by atoms with Gasteiger partial charge in [0.1, 0.15) is 23.3 Å². The van der Waals surface area contributed by atoms with E-state index in [0.29, 0.717) is 33.6 Å². The van der Waals surface area contributed by atoms with Crippen molar-refractivity contribution in [2.45, 2.75) is 12.1 Å². The highest BCUT2D eigenvalue weighted by Crippen LogP contribution is 2.44. The minimum absolute atomic E-state index is 0.0444. The standard InChI is InChI=1S/C26H23N5O6S2/c1-36-23-15-17(9-10-19(23)29-39(2,34)35)30-25(24(28-26(30)38)20-8-3-4-13-27-20)22-12-11-21(37-22)16-6-5-7-18(14-16)31(32)33/h3-15,24-25,29H,1-2H3,(H,28,38)/t24-,25-/m1/s1. The van der Waals surface area contributed by atoms with Crippen LogP contribution in [0.3, 0.4) is 0 Å². The first-order valence-electron chi connectivity index (χ1n) is 11.7. The number of nitrogens with zero attached hydrogens (tertiary/aromatic N) is 3. The molecule has 0 bridgehead atoms. The van der Waals surface area contributed by atoms with Crippen LogP contribution in [0.2, 0.25) is 0 Å².